The highest BCUT2D eigenvalue weighted by Crippen LogP contribution is 2.39. The number of nitrogens with zero attached hydrogens (tertiary/aromatic N) is 6. The van der Waals surface area contributed by atoms with Gasteiger partial charge in [-0.2, -0.15) is 69.4 Å². The highest BCUT2D eigenvalue weighted by molar-refractivity contribution is 7.88. The normalized spacial score (nSPS) is 32.1. The SMILES string of the molecule is CC1(NS(=O)(=O)N2C[C@H](CCCB(O)O)[C@](N)(C(=O)O)C2)CNC1.NC1CN(S(=O)(=O)N2C[C@H](CCCB(O)O)[C@](N)(C(=O)O)C2)C1.N[C@@]1(C(=O)O)CN(S(=O)(=O)NC23CN(C2)C3)C[C@@H]1CCCB(O)O.N[C@@]1(C(=O)O)CN(S(=O)(=O)NC2CNC2)C[C@@H]1CCCB(O)O. The van der Waals surface area contributed by atoms with Crippen molar-refractivity contribution < 1.29 is 113 Å². The summed E-state index contributed by atoms with van der Waals surface area (Å²) in [6, 6.07) is -0.392. The van der Waals surface area contributed by atoms with E-state index in [1.807, 2.05) is 0 Å². The number of aliphatic carboxylic acids is 4. The summed E-state index contributed by atoms with van der Waals surface area (Å²) in [6.45, 7) is 5.13. The van der Waals surface area contributed by atoms with Gasteiger partial charge in [0.05, 0.1) is 11.1 Å². The van der Waals surface area contributed by atoms with Gasteiger partial charge in [-0.3, -0.25) is 24.1 Å². The molecule has 27 N–H and O–H groups in total. The molecule has 40 nitrogen and oxygen atoms in total. The average molecular weight is 1430 g/mol. The van der Waals surface area contributed by atoms with Gasteiger partial charge in [0.1, 0.15) is 22.2 Å². The van der Waals surface area contributed by atoms with Gasteiger partial charge >= 0.3 is 52.4 Å². The van der Waals surface area contributed by atoms with Crippen LogP contribution in [0, 0.1) is 23.7 Å². The Hall–Kier alpha value is -3.02. The molecule has 0 saturated carbocycles. The van der Waals surface area contributed by atoms with Crippen molar-refractivity contribution in [1.82, 2.24) is 51.2 Å². The fourth-order valence-electron chi connectivity index (χ4n) is 12.9. The summed E-state index contributed by atoms with van der Waals surface area (Å²) in [7, 11) is -21.1. The molecule has 10 saturated heterocycles. The molecule has 0 radical (unpaired) electrons. The molecule has 48 heteroatoms. The molecule has 10 rings (SSSR count). The number of nitrogens with one attached hydrogen (secondary N) is 5. The van der Waals surface area contributed by atoms with Crippen molar-refractivity contribution in [3.63, 3.8) is 0 Å². The average Bonchev–Trinajstić information content (AvgIpc) is 0.781. The molecule has 0 amide bonds. The highest BCUT2D eigenvalue weighted by Gasteiger charge is 2.61. The van der Waals surface area contributed by atoms with Gasteiger partial charge in [0.25, 0.3) is 40.8 Å². The van der Waals surface area contributed by atoms with Crippen LogP contribution in [0.3, 0.4) is 0 Å². The molecular weight excluding hydrogens is 1330 g/mol. The lowest BCUT2D eigenvalue weighted by atomic mass is 9.78. The first-order valence-corrected chi connectivity index (χ1v) is 36.5. The third-order valence-electron chi connectivity index (χ3n) is 19.0. The Morgan fingerprint density at radius 2 is 0.766 bits per heavy atom. The molecule has 10 heterocycles. The number of rotatable bonds is 31. The van der Waals surface area contributed by atoms with E-state index in [1.165, 1.54) is 4.31 Å². The molecule has 0 aromatic carbocycles. The van der Waals surface area contributed by atoms with E-state index in [0.717, 1.165) is 17.2 Å². The topological polar surface area (TPSA) is 657 Å². The van der Waals surface area contributed by atoms with Crippen LogP contribution in [0.5, 0.6) is 0 Å². The first-order valence-electron chi connectivity index (χ1n) is 30.8. The molecular formula is C46H94B4N16O24S4. The Labute approximate surface area is 547 Å². The van der Waals surface area contributed by atoms with E-state index in [0.29, 0.717) is 97.2 Å². The quantitative estimate of drug-likeness (QED) is 0.0287. The number of hydrogen-bond acceptors (Lipinski definition) is 28. The van der Waals surface area contributed by atoms with Gasteiger partial charge in [-0.15, -0.1) is 0 Å². The Morgan fingerprint density at radius 1 is 0.457 bits per heavy atom. The zero-order chi connectivity index (χ0) is 70.6. The largest absolute Gasteiger partial charge is 0.480 e. The predicted molar refractivity (Wildman–Crippen MR) is 337 cm³/mol. The molecule has 0 aliphatic carbocycles. The molecule has 10 fully saturated rings. The second-order valence-corrected chi connectivity index (χ2v) is 33.8. The molecule has 2 bridgehead atoms. The van der Waals surface area contributed by atoms with Gasteiger partial charge < -0.3 is 99.9 Å². The number of hydrogen-bond donors (Lipinski definition) is 22. The molecule has 10 aliphatic rings. The number of carbonyl (C=O) groups is 4. The van der Waals surface area contributed by atoms with Crippen molar-refractivity contribution in [2.45, 2.75) is 129 Å². The van der Waals surface area contributed by atoms with E-state index in [1.54, 1.807) is 6.92 Å². The summed E-state index contributed by atoms with van der Waals surface area (Å²) >= 11 is 0. The van der Waals surface area contributed by atoms with Gasteiger partial charge in [-0.25, -0.2) is 0 Å². The van der Waals surface area contributed by atoms with Crippen LogP contribution in [0.15, 0.2) is 0 Å². The lowest BCUT2D eigenvalue weighted by Crippen LogP contribution is -2.86. The lowest BCUT2D eigenvalue weighted by molar-refractivity contribution is -0.145. The second kappa shape index (κ2) is 31.3. The fourth-order valence-corrected chi connectivity index (χ4v) is 19.5. The van der Waals surface area contributed by atoms with E-state index in [9.17, 15) is 73.3 Å². The Kier molecular flexibility index (Phi) is 26.6. The van der Waals surface area contributed by atoms with Crippen LogP contribution in [0.25, 0.3) is 0 Å². The Balaban J connectivity index is 0.000000199. The minimum atomic E-state index is -3.86. The number of carboxylic acids is 4. The first-order chi connectivity index (χ1) is 43.3. The Bertz CT molecular complexity index is 3010. The van der Waals surface area contributed by atoms with Crippen molar-refractivity contribution in [1.29, 1.82) is 0 Å². The van der Waals surface area contributed by atoms with E-state index in [4.69, 9.17) is 68.9 Å². The third-order valence-corrected chi connectivity index (χ3v) is 25.8. The molecule has 0 aromatic rings. The molecule has 10 aliphatic heterocycles. The van der Waals surface area contributed by atoms with E-state index in [-0.39, 0.29) is 103 Å². The standard InChI is InChI=1S/C12H23BN4O6S.C12H25BN4O6S.2C11H23BN4O6S/c14-12(10(18)19)8-17(4-9(12)2-1-3-13(20)21)24(22,23)15-11-5-16(6-11)7-11;1-11(6-15-7-11)16-24(22,23)17-5-9(3-2-4-13(20)21)12(14,8-17)10(18)19;13-11(10(17)18)7-16(6-8(11)2-1-3-12(19)20)23(21,22)15-9-4-14-5-9;13-9-5-15(6-9)23(21,22)16-4-8(2-1-3-12(19)20)11(14,7-16)10(17)18/h9,15,20-21H,1-8,14H2,(H,18,19);9,15-16,20-21H,2-8,14H2,1H3,(H,18,19);8-9,14-15,19-20H,1-7,13H2,(H,17,18);8-9,19-20H,1-7,13-14H2,(H,17,18)/t2*9-,12-;2*8-,11-/m0000/s1. The molecule has 0 spiro atoms. The summed E-state index contributed by atoms with van der Waals surface area (Å²) in [5.41, 5.74) is 21.8. The van der Waals surface area contributed by atoms with Crippen LogP contribution >= 0.6 is 0 Å². The molecule has 0 unspecified atom stereocenters. The highest BCUT2D eigenvalue weighted by atomic mass is 32.2. The third kappa shape index (κ3) is 19.3. The molecule has 8 atom stereocenters. The van der Waals surface area contributed by atoms with Gasteiger partial charge in [-0.1, -0.05) is 25.7 Å². The van der Waals surface area contributed by atoms with Crippen molar-refractivity contribution >= 4 is 93.2 Å². The van der Waals surface area contributed by atoms with Crippen LogP contribution in [0.4, 0.5) is 0 Å². The van der Waals surface area contributed by atoms with Crippen molar-refractivity contribution in [2.24, 2.45) is 52.3 Å². The van der Waals surface area contributed by atoms with Crippen LogP contribution in [0.2, 0.25) is 25.3 Å². The minimum Gasteiger partial charge on any atom is -0.480 e. The van der Waals surface area contributed by atoms with E-state index >= 15 is 0 Å². The molecule has 94 heavy (non-hydrogen) atoms. The van der Waals surface area contributed by atoms with E-state index in [2.05, 4.69) is 29.7 Å². The lowest BCUT2D eigenvalue weighted by Gasteiger charge is -2.63. The monoisotopic (exact) mass is 1430 g/mol. The fraction of sp³-hybridized carbons (Fsp3) is 0.913. The zero-order valence-electron chi connectivity index (χ0n) is 52.2. The number of carboxylic acid groups (broad SMARTS) is 4. The van der Waals surface area contributed by atoms with Gasteiger partial charge in [0.15, 0.2) is 0 Å². The first kappa shape index (κ1) is 80.0. The maximum atomic E-state index is 12.6. The van der Waals surface area contributed by atoms with E-state index < -0.39 is 150 Å². The summed E-state index contributed by atoms with van der Waals surface area (Å²) in [6.07, 6.45) is 2.95. The number of nitrogens with two attached hydrogens (primary N) is 5. The van der Waals surface area contributed by atoms with Crippen molar-refractivity contribution in [3.8, 4) is 0 Å². The summed E-state index contributed by atoms with van der Waals surface area (Å²) in [5, 5.41) is 115. The van der Waals surface area contributed by atoms with Crippen molar-refractivity contribution in [3.05, 3.63) is 0 Å². The smallest absolute Gasteiger partial charge is 0.451 e. The minimum absolute atomic E-state index is 0.000193. The van der Waals surface area contributed by atoms with Crippen molar-refractivity contribution in [2.75, 3.05) is 111 Å². The summed E-state index contributed by atoms with van der Waals surface area (Å²) < 4.78 is 113. The second-order valence-electron chi connectivity index (χ2n) is 26.9. The van der Waals surface area contributed by atoms with Gasteiger partial charge in [0, 0.05) is 147 Å². The van der Waals surface area contributed by atoms with Crippen LogP contribution < -0.4 is 53.5 Å². The van der Waals surface area contributed by atoms with Gasteiger partial charge in [0.2, 0.25) is 0 Å². The van der Waals surface area contributed by atoms with Gasteiger partial charge in [-0.05, 0) is 57.9 Å². The zero-order valence-corrected chi connectivity index (χ0v) is 55.5. The van der Waals surface area contributed by atoms with Crippen LogP contribution in [-0.2, 0) is 60.0 Å². The molecule has 0 aromatic heterocycles. The van der Waals surface area contributed by atoms with Crippen LogP contribution in [0.1, 0.15) is 58.3 Å². The predicted octanol–water partition coefficient (Wildman–Crippen LogP) is -12.4. The Morgan fingerprint density at radius 3 is 1.02 bits per heavy atom. The maximum Gasteiger partial charge on any atom is 0.451 e. The molecule has 538 valence electrons. The summed E-state index contributed by atoms with van der Waals surface area (Å²) in [5.74, 6) is -7.38. The van der Waals surface area contributed by atoms with Crippen LogP contribution in [-0.4, -0.2) is 330 Å². The maximum absolute atomic E-state index is 12.6. The summed E-state index contributed by atoms with van der Waals surface area (Å²) in [4.78, 5) is 48.3.